The first-order valence-electron chi connectivity index (χ1n) is 7.69. The number of hydrogen-bond acceptors (Lipinski definition) is 4. The van der Waals surface area contributed by atoms with Crippen LogP contribution in [0.1, 0.15) is 15.9 Å². The van der Waals surface area contributed by atoms with Gasteiger partial charge in [0.1, 0.15) is 5.75 Å². The molecule has 3 aromatic rings. The van der Waals surface area contributed by atoms with Crippen molar-refractivity contribution in [1.82, 2.24) is 5.43 Å². The number of aromatic carboxylic acids is 1. The largest absolute Gasteiger partial charge is 0.507 e. The number of thiocarbonyl (C=S) groups is 1. The Morgan fingerprint density at radius 3 is 2.69 bits per heavy atom. The van der Waals surface area contributed by atoms with E-state index in [2.05, 4.69) is 15.8 Å². The Labute approximate surface area is 154 Å². The molecular formula is C19H15N3O3S. The number of rotatable bonds is 4. The summed E-state index contributed by atoms with van der Waals surface area (Å²) in [6, 6.07) is 17.4. The van der Waals surface area contributed by atoms with Gasteiger partial charge in [-0.25, -0.2) is 4.79 Å². The van der Waals surface area contributed by atoms with Gasteiger partial charge in [0.15, 0.2) is 5.11 Å². The lowest BCUT2D eigenvalue weighted by atomic mass is 10.0. The molecule has 26 heavy (non-hydrogen) atoms. The van der Waals surface area contributed by atoms with E-state index in [1.165, 1.54) is 18.3 Å². The van der Waals surface area contributed by atoms with Gasteiger partial charge in [0.2, 0.25) is 0 Å². The molecule has 0 spiro atoms. The zero-order valence-corrected chi connectivity index (χ0v) is 14.3. The Kier molecular flexibility index (Phi) is 5.09. The van der Waals surface area contributed by atoms with Crippen LogP contribution in [-0.2, 0) is 0 Å². The Hall–Kier alpha value is -3.45. The Morgan fingerprint density at radius 2 is 1.88 bits per heavy atom. The van der Waals surface area contributed by atoms with Gasteiger partial charge in [-0.05, 0) is 47.3 Å². The number of fused-ring (bicyclic) bond motifs is 1. The zero-order valence-electron chi connectivity index (χ0n) is 13.5. The van der Waals surface area contributed by atoms with Gasteiger partial charge in [-0.1, -0.05) is 36.4 Å². The van der Waals surface area contributed by atoms with E-state index < -0.39 is 5.97 Å². The summed E-state index contributed by atoms with van der Waals surface area (Å²) in [5.41, 5.74) is 3.91. The van der Waals surface area contributed by atoms with Crippen molar-refractivity contribution in [2.75, 3.05) is 5.32 Å². The van der Waals surface area contributed by atoms with Crippen LogP contribution in [-0.4, -0.2) is 27.5 Å². The van der Waals surface area contributed by atoms with Gasteiger partial charge < -0.3 is 15.5 Å². The minimum Gasteiger partial charge on any atom is -0.507 e. The van der Waals surface area contributed by atoms with Crippen LogP contribution in [0, 0.1) is 0 Å². The van der Waals surface area contributed by atoms with Crippen LogP contribution in [0.2, 0.25) is 0 Å². The van der Waals surface area contributed by atoms with Gasteiger partial charge in [0.25, 0.3) is 0 Å². The zero-order chi connectivity index (χ0) is 18.5. The molecular weight excluding hydrogens is 350 g/mol. The third kappa shape index (κ3) is 3.96. The summed E-state index contributed by atoms with van der Waals surface area (Å²) in [6.07, 6.45) is 1.49. The minimum atomic E-state index is -1.02. The molecule has 0 aliphatic rings. The van der Waals surface area contributed by atoms with Gasteiger partial charge in [-0.15, -0.1) is 0 Å². The first-order valence-corrected chi connectivity index (χ1v) is 8.09. The quantitative estimate of drug-likeness (QED) is 0.321. The second-order valence-corrected chi connectivity index (χ2v) is 5.84. The molecule has 0 unspecified atom stereocenters. The predicted molar refractivity (Wildman–Crippen MR) is 106 cm³/mol. The lowest BCUT2D eigenvalue weighted by Gasteiger charge is -2.08. The number of benzene rings is 3. The molecule has 3 aromatic carbocycles. The number of aromatic hydroxyl groups is 1. The SMILES string of the molecule is O=C(O)c1cccc(NC(=S)N/N=C\c2c(O)ccc3ccccc23)c1. The molecule has 0 aromatic heterocycles. The van der Waals surface area contributed by atoms with Crippen LogP contribution in [0.3, 0.4) is 0 Å². The van der Waals surface area contributed by atoms with Crippen molar-refractivity contribution in [3.63, 3.8) is 0 Å². The van der Waals surface area contributed by atoms with Crippen LogP contribution < -0.4 is 10.7 Å². The van der Waals surface area contributed by atoms with Crippen molar-refractivity contribution >= 4 is 46.0 Å². The van der Waals surface area contributed by atoms with E-state index in [1.807, 2.05) is 30.3 Å². The monoisotopic (exact) mass is 365 g/mol. The Bertz CT molecular complexity index is 1020. The number of carboxylic acid groups (broad SMARTS) is 1. The molecule has 0 fully saturated rings. The van der Waals surface area contributed by atoms with E-state index in [1.54, 1.807) is 18.2 Å². The highest BCUT2D eigenvalue weighted by atomic mass is 32.1. The molecule has 0 saturated heterocycles. The number of phenolic OH excluding ortho intramolecular Hbond substituents is 1. The number of carboxylic acids is 1. The van der Waals surface area contributed by atoms with E-state index in [0.717, 1.165) is 10.8 Å². The topological polar surface area (TPSA) is 94.0 Å². The van der Waals surface area contributed by atoms with Crippen LogP contribution in [0.5, 0.6) is 5.75 Å². The van der Waals surface area contributed by atoms with E-state index in [0.29, 0.717) is 11.3 Å². The average molecular weight is 365 g/mol. The van der Waals surface area contributed by atoms with E-state index in [-0.39, 0.29) is 16.4 Å². The van der Waals surface area contributed by atoms with Crippen LogP contribution in [0.25, 0.3) is 10.8 Å². The molecule has 6 nitrogen and oxygen atoms in total. The van der Waals surface area contributed by atoms with Crippen LogP contribution >= 0.6 is 12.2 Å². The van der Waals surface area contributed by atoms with Gasteiger partial charge in [-0.2, -0.15) is 5.10 Å². The Morgan fingerprint density at radius 1 is 1.08 bits per heavy atom. The lowest BCUT2D eigenvalue weighted by Crippen LogP contribution is -2.24. The van der Waals surface area contributed by atoms with Crippen molar-refractivity contribution in [3.8, 4) is 5.75 Å². The molecule has 0 saturated carbocycles. The van der Waals surface area contributed by atoms with Crippen molar-refractivity contribution < 1.29 is 15.0 Å². The van der Waals surface area contributed by atoms with E-state index in [4.69, 9.17) is 17.3 Å². The van der Waals surface area contributed by atoms with Crippen molar-refractivity contribution in [3.05, 3.63) is 71.8 Å². The van der Waals surface area contributed by atoms with Crippen LogP contribution in [0.4, 0.5) is 5.69 Å². The number of carbonyl (C=O) groups is 1. The molecule has 0 atom stereocenters. The van der Waals surface area contributed by atoms with Gasteiger partial charge in [-0.3, -0.25) is 5.43 Å². The summed E-state index contributed by atoms with van der Waals surface area (Å²) in [5, 5.41) is 28.0. The number of nitrogens with one attached hydrogen (secondary N) is 2. The maximum absolute atomic E-state index is 11.0. The molecule has 4 N–H and O–H groups in total. The van der Waals surface area contributed by atoms with Crippen molar-refractivity contribution in [2.45, 2.75) is 0 Å². The summed E-state index contributed by atoms with van der Waals surface area (Å²) in [5.74, 6) is -0.903. The second kappa shape index (κ2) is 7.62. The standard InChI is InChI=1S/C19H15N3O3S/c23-17-9-8-12-4-1-2-7-15(12)16(17)11-20-22-19(26)21-14-6-3-5-13(10-14)18(24)25/h1-11,23H,(H,24,25)(H2,21,22,26)/b20-11-. The van der Waals surface area contributed by atoms with Crippen LogP contribution in [0.15, 0.2) is 65.8 Å². The minimum absolute atomic E-state index is 0.113. The summed E-state index contributed by atoms with van der Waals surface area (Å²) in [4.78, 5) is 11.0. The molecule has 0 bridgehead atoms. The summed E-state index contributed by atoms with van der Waals surface area (Å²) < 4.78 is 0. The first-order chi connectivity index (χ1) is 12.5. The van der Waals surface area contributed by atoms with E-state index >= 15 is 0 Å². The molecule has 7 heteroatoms. The molecule has 0 heterocycles. The Balaban J connectivity index is 1.71. The number of nitrogens with zero attached hydrogens (tertiary/aromatic N) is 1. The lowest BCUT2D eigenvalue weighted by molar-refractivity contribution is 0.0697. The normalized spacial score (nSPS) is 10.8. The highest BCUT2D eigenvalue weighted by molar-refractivity contribution is 7.80. The number of anilines is 1. The molecule has 130 valence electrons. The second-order valence-electron chi connectivity index (χ2n) is 5.43. The third-order valence-corrected chi connectivity index (χ3v) is 3.87. The van der Waals surface area contributed by atoms with Gasteiger partial charge in [0.05, 0.1) is 11.8 Å². The number of hydrazone groups is 1. The first kappa shape index (κ1) is 17.4. The maximum atomic E-state index is 11.0. The molecule has 0 aliphatic carbocycles. The van der Waals surface area contributed by atoms with Crippen molar-refractivity contribution in [1.29, 1.82) is 0 Å². The number of phenols is 1. The molecule has 3 rings (SSSR count). The highest BCUT2D eigenvalue weighted by Crippen LogP contribution is 2.25. The molecule has 0 amide bonds. The van der Waals surface area contributed by atoms with Gasteiger partial charge in [0, 0.05) is 11.3 Å². The maximum Gasteiger partial charge on any atom is 0.335 e. The van der Waals surface area contributed by atoms with Crippen molar-refractivity contribution in [2.24, 2.45) is 5.10 Å². The predicted octanol–water partition coefficient (Wildman–Crippen LogP) is 3.56. The summed E-state index contributed by atoms with van der Waals surface area (Å²) in [7, 11) is 0. The fourth-order valence-corrected chi connectivity index (χ4v) is 2.63. The van der Waals surface area contributed by atoms with Gasteiger partial charge >= 0.3 is 5.97 Å². The molecule has 0 aliphatic heterocycles. The summed E-state index contributed by atoms with van der Waals surface area (Å²) in [6.45, 7) is 0. The smallest absolute Gasteiger partial charge is 0.335 e. The van der Waals surface area contributed by atoms with E-state index in [9.17, 15) is 9.90 Å². The summed E-state index contributed by atoms with van der Waals surface area (Å²) >= 11 is 5.14. The highest BCUT2D eigenvalue weighted by Gasteiger charge is 2.05. The molecule has 0 radical (unpaired) electrons. The fourth-order valence-electron chi connectivity index (χ4n) is 2.46. The third-order valence-electron chi connectivity index (χ3n) is 3.67. The average Bonchev–Trinajstić information content (AvgIpc) is 2.63. The number of hydrogen-bond donors (Lipinski definition) is 4. The fraction of sp³-hybridized carbons (Fsp3) is 0.